The standard InChI is InChI=1S/C36H44N2O6/c1-4-6-8-9-10-11-12-13-25-42-31-20-16-29(17-21-31)36(41)44-32-22-23-34(33(26-32)27(3)39)38-37-30-18-14-28(15-19-30)35(40)43-24-7-5-2/h14-23,26H,4-13,24-25H2,1-3H3. The summed E-state index contributed by atoms with van der Waals surface area (Å²) in [7, 11) is 0. The van der Waals surface area contributed by atoms with Gasteiger partial charge in [-0.15, -0.1) is 5.11 Å². The number of carbonyl (C=O) groups is 3. The molecular formula is C36H44N2O6. The zero-order valence-corrected chi connectivity index (χ0v) is 26.2. The molecule has 3 aromatic rings. The van der Waals surface area contributed by atoms with Gasteiger partial charge >= 0.3 is 11.9 Å². The van der Waals surface area contributed by atoms with Gasteiger partial charge in [0, 0.05) is 5.56 Å². The number of unbranched alkanes of at least 4 members (excludes halogenated alkanes) is 8. The number of Topliss-reactive ketones (excluding diaryl/α,β-unsaturated/α-hetero) is 1. The first-order chi connectivity index (χ1) is 21.4. The van der Waals surface area contributed by atoms with Gasteiger partial charge < -0.3 is 14.2 Å². The van der Waals surface area contributed by atoms with Crippen LogP contribution in [0.3, 0.4) is 0 Å². The van der Waals surface area contributed by atoms with Crippen molar-refractivity contribution in [1.29, 1.82) is 0 Å². The lowest BCUT2D eigenvalue weighted by Crippen LogP contribution is -2.09. The number of hydrogen-bond acceptors (Lipinski definition) is 8. The van der Waals surface area contributed by atoms with E-state index in [9.17, 15) is 14.4 Å². The van der Waals surface area contributed by atoms with Crippen molar-refractivity contribution in [3.63, 3.8) is 0 Å². The van der Waals surface area contributed by atoms with Gasteiger partial charge in [-0.2, -0.15) is 5.11 Å². The maximum atomic E-state index is 12.8. The summed E-state index contributed by atoms with van der Waals surface area (Å²) in [6, 6.07) is 18.0. The minimum atomic E-state index is -0.545. The summed E-state index contributed by atoms with van der Waals surface area (Å²) in [4.78, 5) is 37.2. The summed E-state index contributed by atoms with van der Waals surface area (Å²) in [5, 5.41) is 8.40. The molecule has 234 valence electrons. The topological polar surface area (TPSA) is 104 Å². The van der Waals surface area contributed by atoms with Crippen LogP contribution in [0.2, 0.25) is 0 Å². The van der Waals surface area contributed by atoms with Crippen molar-refractivity contribution in [1.82, 2.24) is 0 Å². The maximum absolute atomic E-state index is 12.8. The number of benzene rings is 3. The SMILES string of the molecule is CCCCCCCCCCOc1ccc(C(=O)Oc2ccc(N=Nc3ccc(C(=O)OCCCC)cc3)c(C(C)=O)c2)cc1. The van der Waals surface area contributed by atoms with Gasteiger partial charge in [0.2, 0.25) is 0 Å². The normalized spacial score (nSPS) is 11.0. The molecule has 0 fully saturated rings. The molecule has 0 aliphatic heterocycles. The number of hydrogen-bond donors (Lipinski definition) is 0. The van der Waals surface area contributed by atoms with Crippen molar-refractivity contribution >= 4 is 29.1 Å². The van der Waals surface area contributed by atoms with E-state index in [0.717, 1.165) is 25.7 Å². The van der Waals surface area contributed by atoms with Gasteiger partial charge in [0.05, 0.1) is 35.7 Å². The van der Waals surface area contributed by atoms with E-state index in [1.54, 1.807) is 60.7 Å². The van der Waals surface area contributed by atoms with Gasteiger partial charge in [-0.1, -0.05) is 65.2 Å². The number of nitrogens with zero attached hydrogens (tertiary/aromatic N) is 2. The summed E-state index contributed by atoms with van der Waals surface area (Å²) in [5.74, 6) is -0.249. The first-order valence-electron chi connectivity index (χ1n) is 15.7. The maximum Gasteiger partial charge on any atom is 0.343 e. The highest BCUT2D eigenvalue weighted by Crippen LogP contribution is 2.28. The van der Waals surface area contributed by atoms with Gasteiger partial charge in [0.1, 0.15) is 11.5 Å². The number of ether oxygens (including phenoxy) is 3. The van der Waals surface area contributed by atoms with Crippen LogP contribution in [0.25, 0.3) is 0 Å². The van der Waals surface area contributed by atoms with E-state index in [4.69, 9.17) is 14.2 Å². The molecule has 0 N–H and O–H groups in total. The molecule has 0 spiro atoms. The monoisotopic (exact) mass is 600 g/mol. The Bertz CT molecular complexity index is 1370. The highest BCUT2D eigenvalue weighted by atomic mass is 16.5. The Hall–Kier alpha value is -4.33. The molecule has 0 unspecified atom stereocenters. The largest absolute Gasteiger partial charge is 0.494 e. The van der Waals surface area contributed by atoms with E-state index in [1.165, 1.54) is 51.5 Å². The van der Waals surface area contributed by atoms with E-state index in [-0.39, 0.29) is 23.1 Å². The molecule has 3 aromatic carbocycles. The van der Waals surface area contributed by atoms with Crippen LogP contribution in [-0.4, -0.2) is 30.9 Å². The minimum absolute atomic E-state index is 0.222. The second kappa shape index (κ2) is 19.1. The average molecular weight is 601 g/mol. The number of carbonyl (C=O) groups excluding carboxylic acids is 3. The Morgan fingerprint density at radius 1 is 0.614 bits per heavy atom. The van der Waals surface area contributed by atoms with Crippen LogP contribution in [0.15, 0.2) is 77.0 Å². The van der Waals surface area contributed by atoms with Gasteiger partial charge in [0.15, 0.2) is 5.78 Å². The Balaban J connectivity index is 1.51. The van der Waals surface area contributed by atoms with Crippen molar-refractivity contribution in [2.45, 2.75) is 85.0 Å². The average Bonchev–Trinajstić information content (AvgIpc) is 3.03. The van der Waals surface area contributed by atoms with E-state index < -0.39 is 5.97 Å². The van der Waals surface area contributed by atoms with Crippen LogP contribution >= 0.6 is 0 Å². The molecule has 3 rings (SSSR count). The Labute approximate surface area is 260 Å². The number of ketones is 1. The number of esters is 2. The van der Waals surface area contributed by atoms with Crippen molar-refractivity contribution in [2.24, 2.45) is 10.2 Å². The van der Waals surface area contributed by atoms with Crippen LogP contribution in [0.5, 0.6) is 11.5 Å². The summed E-state index contributed by atoms with van der Waals surface area (Å²) in [6.45, 7) is 6.70. The number of rotatable bonds is 19. The van der Waals surface area contributed by atoms with Crippen molar-refractivity contribution in [3.8, 4) is 11.5 Å². The zero-order valence-electron chi connectivity index (χ0n) is 26.2. The fourth-order valence-electron chi connectivity index (χ4n) is 4.40. The number of azo groups is 1. The Kier molecular flexibility index (Phi) is 14.8. The molecule has 0 saturated heterocycles. The molecule has 0 radical (unpaired) electrons. The third kappa shape index (κ3) is 11.7. The van der Waals surface area contributed by atoms with E-state index >= 15 is 0 Å². The van der Waals surface area contributed by atoms with E-state index in [2.05, 4.69) is 17.2 Å². The van der Waals surface area contributed by atoms with Crippen LogP contribution < -0.4 is 9.47 Å². The third-order valence-corrected chi connectivity index (χ3v) is 7.02. The quantitative estimate of drug-likeness (QED) is 0.0446. The van der Waals surface area contributed by atoms with Crippen molar-refractivity contribution in [2.75, 3.05) is 13.2 Å². The molecule has 0 aliphatic rings. The molecule has 8 heteroatoms. The Morgan fingerprint density at radius 2 is 1.20 bits per heavy atom. The molecule has 0 aliphatic carbocycles. The Morgan fingerprint density at radius 3 is 1.86 bits per heavy atom. The second-order valence-corrected chi connectivity index (χ2v) is 10.7. The summed E-state index contributed by atoms with van der Waals surface area (Å²) in [6.07, 6.45) is 11.7. The fraction of sp³-hybridized carbons (Fsp3) is 0.417. The molecular weight excluding hydrogens is 556 g/mol. The first kappa shape index (κ1) is 34.2. The highest BCUT2D eigenvalue weighted by molar-refractivity contribution is 5.99. The molecule has 0 saturated carbocycles. The summed E-state index contributed by atoms with van der Waals surface area (Å²) in [5.41, 5.74) is 1.90. The highest BCUT2D eigenvalue weighted by Gasteiger charge is 2.14. The van der Waals surface area contributed by atoms with Crippen LogP contribution in [0.1, 0.15) is 116 Å². The van der Waals surface area contributed by atoms with Crippen LogP contribution in [-0.2, 0) is 4.74 Å². The van der Waals surface area contributed by atoms with Gasteiger partial charge in [0.25, 0.3) is 0 Å². The van der Waals surface area contributed by atoms with E-state index in [0.29, 0.717) is 41.5 Å². The first-order valence-corrected chi connectivity index (χ1v) is 15.7. The van der Waals surface area contributed by atoms with Gasteiger partial charge in [-0.3, -0.25) is 4.79 Å². The lowest BCUT2D eigenvalue weighted by atomic mass is 10.1. The van der Waals surface area contributed by atoms with Crippen molar-refractivity contribution in [3.05, 3.63) is 83.4 Å². The predicted molar refractivity (Wildman–Crippen MR) is 172 cm³/mol. The molecule has 0 amide bonds. The second-order valence-electron chi connectivity index (χ2n) is 10.7. The van der Waals surface area contributed by atoms with Gasteiger partial charge in [-0.05, 0) is 86.5 Å². The molecule has 0 bridgehead atoms. The van der Waals surface area contributed by atoms with E-state index in [1.807, 2.05) is 6.92 Å². The lowest BCUT2D eigenvalue weighted by molar-refractivity contribution is 0.0499. The zero-order chi connectivity index (χ0) is 31.6. The molecule has 0 atom stereocenters. The van der Waals surface area contributed by atoms with Crippen molar-refractivity contribution < 1.29 is 28.6 Å². The van der Waals surface area contributed by atoms with Crippen LogP contribution in [0, 0.1) is 0 Å². The molecule has 44 heavy (non-hydrogen) atoms. The molecule has 0 heterocycles. The van der Waals surface area contributed by atoms with Crippen LogP contribution in [0.4, 0.5) is 11.4 Å². The summed E-state index contributed by atoms with van der Waals surface area (Å²) < 4.78 is 16.6. The molecule has 0 aromatic heterocycles. The predicted octanol–water partition coefficient (Wildman–Crippen LogP) is 10.0. The minimum Gasteiger partial charge on any atom is -0.494 e. The smallest absolute Gasteiger partial charge is 0.343 e. The molecule has 8 nitrogen and oxygen atoms in total. The van der Waals surface area contributed by atoms with Gasteiger partial charge in [-0.25, -0.2) is 9.59 Å². The third-order valence-electron chi connectivity index (χ3n) is 7.02. The lowest BCUT2D eigenvalue weighted by Gasteiger charge is -2.09. The summed E-state index contributed by atoms with van der Waals surface area (Å²) >= 11 is 0. The fourth-order valence-corrected chi connectivity index (χ4v) is 4.40.